The van der Waals surface area contributed by atoms with E-state index in [9.17, 15) is 20.1 Å². The molecule has 1 aliphatic rings. The summed E-state index contributed by atoms with van der Waals surface area (Å²) in [5, 5.41) is 29.7. The maximum absolute atomic E-state index is 11.4. The molecule has 1 atom stereocenters. The maximum Gasteiger partial charge on any atom is 0.306 e. The van der Waals surface area contributed by atoms with E-state index in [-0.39, 0.29) is 30.3 Å². The number of hydrogen-bond donors (Lipinski definition) is 3. The minimum atomic E-state index is -0.683. The van der Waals surface area contributed by atoms with E-state index >= 15 is 0 Å². The first-order valence-corrected chi connectivity index (χ1v) is 13.6. The lowest BCUT2D eigenvalue weighted by Crippen LogP contribution is -2.34. The van der Waals surface area contributed by atoms with E-state index < -0.39 is 5.97 Å². The Morgan fingerprint density at radius 2 is 1.74 bits per heavy atom. The van der Waals surface area contributed by atoms with Crippen molar-refractivity contribution in [2.24, 2.45) is 11.8 Å². The summed E-state index contributed by atoms with van der Waals surface area (Å²) in [4.78, 5) is 13.9. The lowest BCUT2D eigenvalue weighted by Gasteiger charge is -2.35. The van der Waals surface area contributed by atoms with Crippen molar-refractivity contribution in [3.63, 3.8) is 0 Å². The fourth-order valence-electron chi connectivity index (χ4n) is 5.23. The van der Waals surface area contributed by atoms with E-state index in [2.05, 4.69) is 35.8 Å². The fraction of sp³-hybridized carbons (Fsp3) is 0.387. The second-order valence-electron chi connectivity index (χ2n) is 10.2. The van der Waals surface area contributed by atoms with Crippen LogP contribution in [0.15, 0.2) is 54.6 Å². The molecule has 2 aromatic carbocycles. The van der Waals surface area contributed by atoms with Gasteiger partial charge in [0.2, 0.25) is 0 Å². The first kappa shape index (κ1) is 28.4. The smallest absolute Gasteiger partial charge is 0.306 e. The predicted octanol–water partition coefficient (Wildman–Crippen LogP) is 6.07. The Morgan fingerprint density at radius 3 is 2.36 bits per heavy atom. The number of aromatic nitrogens is 1. The summed E-state index contributed by atoms with van der Waals surface area (Å²) in [7, 11) is 1.61. The third kappa shape index (κ3) is 7.29. The highest BCUT2D eigenvalue weighted by Crippen LogP contribution is 2.33. The SMILES string of the molecule is COc1cc(CN(CC2CCC(C(=O)O)CC2)[C@@H](C)c2ccc(Cl)cc2)ccc1C#CCn1c(O)ccc1O. The highest BCUT2D eigenvalue weighted by Gasteiger charge is 2.28. The van der Waals surface area contributed by atoms with Crippen LogP contribution in [-0.4, -0.2) is 44.4 Å². The molecule has 4 rings (SSSR count). The molecule has 0 aliphatic heterocycles. The van der Waals surface area contributed by atoms with Crippen LogP contribution in [0.4, 0.5) is 0 Å². The summed E-state index contributed by atoms with van der Waals surface area (Å²) >= 11 is 6.14. The normalized spacial score (nSPS) is 17.8. The lowest BCUT2D eigenvalue weighted by atomic mass is 9.81. The Labute approximate surface area is 234 Å². The first-order valence-electron chi connectivity index (χ1n) is 13.2. The van der Waals surface area contributed by atoms with Crippen LogP contribution < -0.4 is 4.74 Å². The Balaban J connectivity index is 1.52. The summed E-state index contributed by atoms with van der Waals surface area (Å²) in [5.41, 5.74) is 2.97. The monoisotopic (exact) mass is 550 g/mol. The van der Waals surface area contributed by atoms with E-state index in [0.29, 0.717) is 23.2 Å². The number of ether oxygens (including phenoxy) is 1. The van der Waals surface area contributed by atoms with Crippen LogP contribution in [0.1, 0.15) is 55.3 Å². The molecule has 3 N–H and O–H groups in total. The van der Waals surface area contributed by atoms with Crippen molar-refractivity contribution in [2.75, 3.05) is 13.7 Å². The molecule has 1 saturated carbocycles. The zero-order chi connectivity index (χ0) is 27.9. The number of nitrogens with zero attached hydrogens (tertiary/aromatic N) is 2. The highest BCUT2D eigenvalue weighted by atomic mass is 35.5. The Morgan fingerprint density at radius 1 is 1.08 bits per heavy atom. The molecule has 0 saturated heterocycles. The number of hydrogen-bond acceptors (Lipinski definition) is 5. The minimum Gasteiger partial charge on any atom is -0.495 e. The number of benzene rings is 2. The van der Waals surface area contributed by atoms with Gasteiger partial charge in [0.1, 0.15) is 5.75 Å². The largest absolute Gasteiger partial charge is 0.495 e. The van der Waals surface area contributed by atoms with Crippen molar-refractivity contribution in [2.45, 2.75) is 51.7 Å². The number of carbonyl (C=O) groups is 1. The first-order chi connectivity index (χ1) is 18.7. The second-order valence-corrected chi connectivity index (χ2v) is 10.6. The van der Waals surface area contributed by atoms with Crippen LogP contribution in [0.3, 0.4) is 0 Å². The quantitative estimate of drug-likeness (QED) is 0.280. The van der Waals surface area contributed by atoms with Crippen molar-refractivity contribution in [1.29, 1.82) is 0 Å². The zero-order valence-electron chi connectivity index (χ0n) is 22.3. The van der Waals surface area contributed by atoms with Gasteiger partial charge in [0.25, 0.3) is 0 Å². The molecule has 206 valence electrons. The molecular formula is C31H35ClN2O5. The topological polar surface area (TPSA) is 95.2 Å². The van der Waals surface area contributed by atoms with Crippen LogP contribution in [0.2, 0.25) is 5.02 Å². The predicted molar refractivity (Wildman–Crippen MR) is 151 cm³/mol. The Kier molecular flexibility index (Phi) is 9.45. The standard InChI is InChI=1S/C31H35ClN2O5/c1-21(24-11-13-27(32)14-12-24)33(19-22-5-9-26(10-6-22)31(37)38)20-23-7-8-25(28(18-23)39-2)4-3-17-34-29(35)15-16-30(34)36/h7-8,11-16,18,21-22,26,35-36H,5-6,9-10,17,19-20H2,1-2H3,(H,37,38)/t21-,22?,26?/m0/s1. The second kappa shape index (κ2) is 13.0. The van der Waals surface area contributed by atoms with Crippen molar-refractivity contribution in [1.82, 2.24) is 9.47 Å². The molecule has 1 aromatic heterocycles. The highest BCUT2D eigenvalue weighted by molar-refractivity contribution is 6.30. The van der Waals surface area contributed by atoms with Gasteiger partial charge in [-0.3, -0.25) is 14.3 Å². The number of carboxylic acids is 1. The average Bonchev–Trinajstić information content (AvgIpc) is 3.26. The summed E-state index contributed by atoms with van der Waals surface area (Å²) in [5.74, 6) is 6.14. The Hall–Kier alpha value is -3.60. The molecular weight excluding hydrogens is 516 g/mol. The van der Waals surface area contributed by atoms with Crippen LogP contribution in [0.25, 0.3) is 0 Å². The van der Waals surface area contributed by atoms with E-state index in [1.165, 1.54) is 22.3 Å². The molecule has 3 aromatic rings. The van der Waals surface area contributed by atoms with Crippen molar-refractivity contribution in [3.05, 3.63) is 76.3 Å². The van der Waals surface area contributed by atoms with Gasteiger partial charge < -0.3 is 20.1 Å². The number of carboxylic acid groups (broad SMARTS) is 1. The van der Waals surface area contributed by atoms with Gasteiger partial charge in [-0.05, 0) is 73.9 Å². The summed E-state index contributed by atoms with van der Waals surface area (Å²) in [6.45, 7) is 3.89. The zero-order valence-corrected chi connectivity index (χ0v) is 23.1. The number of halogens is 1. The average molecular weight is 551 g/mol. The van der Waals surface area contributed by atoms with Crippen molar-refractivity contribution < 1.29 is 24.9 Å². The number of rotatable bonds is 9. The molecule has 7 nitrogen and oxygen atoms in total. The molecule has 0 radical (unpaired) electrons. The van der Waals surface area contributed by atoms with Crippen LogP contribution in [0.5, 0.6) is 17.5 Å². The van der Waals surface area contributed by atoms with E-state index in [1.807, 2.05) is 30.3 Å². The molecule has 0 bridgehead atoms. The van der Waals surface area contributed by atoms with Gasteiger partial charge in [0.15, 0.2) is 11.8 Å². The number of aromatic hydroxyl groups is 2. The fourth-order valence-corrected chi connectivity index (χ4v) is 5.36. The Bertz CT molecular complexity index is 1310. The summed E-state index contributed by atoms with van der Waals surface area (Å²) in [6.07, 6.45) is 3.27. The maximum atomic E-state index is 11.4. The van der Waals surface area contributed by atoms with Gasteiger partial charge in [-0.2, -0.15) is 0 Å². The minimum absolute atomic E-state index is 0.0459. The molecule has 39 heavy (non-hydrogen) atoms. The van der Waals surface area contributed by atoms with E-state index in [1.54, 1.807) is 7.11 Å². The molecule has 8 heteroatoms. The molecule has 1 aliphatic carbocycles. The van der Waals surface area contributed by atoms with Crippen LogP contribution in [0, 0.1) is 23.7 Å². The van der Waals surface area contributed by atoms with Crippen LogP contribution >= 0.6 is 11.6 Å². The molecule has 0 unspecified atom stereocenters. The molecule has 1 heterocycles. The van der Waals surface area contributed by atoms with Gasteiger partial charge in [-0.1, -0.05) is 41.6 Å². The molecule has 0 amide bonds. The van der Waals surface area contributed by atoms with Crippen LogP contribution in [-0.2, 0) is 17.9 Å². The third-order valence-electron chi connectivity index (χ3n) is 7.64. The van der Waals surface area contributed by atoms with Crippen molar-refractivity contribution >= 4 is 17.6 Å². The lowest BCUT2D eigenvalue weighted by molar-refractivity contribution is -0.143. The third-order valence-corrected chi connectivity index (χ3v) is 7.89. The molecule has 0 spiro atoms. The van der Waals surface area contributed by atoms with E-state index in [4.69, 9.17) is 16.3 Å². The van der Waals surface area contributed by atoms with Gasteiger partial charge in [0.05, 0.1) is 25.1 Å². The summed E-state index contributed by atoms with van der Waals surface area (Å²) in [6, 6.07) is 16.9. The van der Waals surface area contributed by atoms with Gasteiger partial charge in [-0.15, -0.1) is 0 Å². The number of methoxy groups -OCH3 is 1. The van der Waals surface area contributed by atoms with Gasteiger partial charge in [-0.25, -0.2) is 0 Å². The summed E-state index contributed by atoms with van der Waals surface area (Å²) < 4.78 is 6.96. The van der Waals surface area contributed by atoms with Gasteiger partial charge in [0, 0.05) is 36.3 Å². The molecule has 1 fully saturated rings. The van der Waals surface area contributed by atoms with Crippen molar-refractivity contribution in [3.8, 4) is 29.4 Å². The number of aliphatic carboxylic acids is 1. The van der Waals surface area contributed by atoms with E-state index in [0.717, 1.165) is 43.4 Å². The van der Waals surface area contributed by atoms with Gasteiger partial charge >= 0.3 is 5.97 Å².